The minimum absolute atomic E-state index is 0.0183. The third kappa shape index (κ3) is 1.79. The molecular weight excluding hydrogens is 235 g/mol. The molecule has 0 bridgehead atoms. The average molecular weight is 245 g/mol. The minimum atomic E-state index is -0.455. The lowest BCUT2D eigenvalue weighted by Gasteiger charge is -2.29. The number of benzene rings is 1. The first-order chi connectivity index (χ1) is 6.92. The van der Waals surface area contributed by atoms with E-state index in [1.54, 1.807) is 0 Å². The van der Waals surface area contributed by atoms with E-state index in [4.69, 9.17) is 11.6 Å². The highest BCUT2D eigenvalue weighted by atomic mass is 35.5. The van der Waals surface area contributed by atoms with E-state index in [9.17, 15) is 9.18 Å². The zero-order valence-corrected chi connectivity index (χ0v) is 10.0. The van der Waals surface area contributed by atoms with Gasteiger partial charge in [0.2, 0.25) is 0 Å². The predicted octanol–water partition coefficient (Wildman–Crippen LogP) is 3.69. The predicted molar refractivity (Wildman–Crippen MR) is 61.1 cm³/mol. The van der Waals surface area contributed by atoms with Gasteiger partial charge in [-0.2, -0.15) is 0 Å². The summed E-state index contributed by atoms with van der Waals surface area (Å²) in [6, 6.07) is 2.80. The van der Waals surface area contributed by atoms with Crippen LogP contribution in [0.1, 0.15) is 29.8 Å². The summed E-state index contributed by atoms with van der Waals surface area (Å²) in [5, 5.41) is 0.0183. The maximum Gasteiger partial charge on any atom is 0.178 e. The molecule has 0 aromatic heterocycles. The molecule has 1 nitrogen and oxygen atoms in total. The van der Waals surface area contributed by atoms with Gasteiger partial charge in [0.25, 0.3) is 0 Å². The van der Waals surface area contributed by atoms with Gasteiger partial charge in [-0.15, -0.1) is 11.8 Å². The van der Waals surface area contributed by atoms with Crippen LogP contribution in [0.3, 0.4) is 0 Å². The van der Waals surface area contributed by atoms with Crippen LogP contribution in [0.2, 0.25) is 5.02 Å². The summed E-state index contributed by atoms with van der Waals surface area (Å²) >= 11 is 7.20. The van der Waals surface area contributed by atoms with Crippen LogP contribution in [0.5, 0.6) is 0 Å². The maximum absolute atomic E-state index is 13.2. The third-order valence-electron chi connectivity index (χ3n) is 2.53. The second-order valence-electron chi connectivity index (χ2n) is 4.05. The first-order valence-corrected chi connectivity index (χ1v) is 5.95. The van der Waals surface area contributed by atoms with Gasteiger partial charge in [-0.25, -0.2) is 4.39 Å². The summed E-state index contributed by atoms with van der Waals surface area (Å²) in [5.74, 6) is 0.224. The fourth-order valence-corrected chi connectivity index (χ4v) is 2.73. The van der Waals surface area contributed by atoms with Crippen molar-refractivity contribution in [2.24, 2.45) is 0 Å². The number of hydrogen-bond acceptors (Lipinski definition) is 2. The van der Waals surface area contributed by atoms with E-state index in [1.165, 1.54) is 23.9 Å². The first kappa shape index (κ1) is 11.0. The summed E-state index contributed by atoms with van der Waals surface area (Å²) in [4.78, 5) is 12.0. The number of ketones is 1. The van der Waals surface area contributed by atoms with Crippen molar-refractivity contribution in [3.05, 3.63) is 34.1 Å². The normalized spacial score (nSPS) is 18.8. The number of carbonyl (C=O) groups excluding carboxylic acids is 1. The van der Waals surface area contributed by atoms with Crippen LogP contribution < -0.4 is 0 Å². The average Bonchev–Trinajstić information content (AvgIpc) is 2.16. The van der Waals surface area contributed by atoms with Gasteiger partial charge >= 0.3 is 0 Å². The standard InChI is InChI=1S/C11H10ClFOS/c1-11(2)10(14)7-4-8(12)9(13)3-6(7)5-15-11/h3-4H,5H2,1-2H3. The highest BCUT2D eigenvalue weighted by Crippen LogP contribution is 2.39. The summed E-state index contributed by atoms with van der Waals surface area (Å²) in [6.45, 7) is 3.75. The highest BCUT2D eigenvalue weighted by Gasteiger charge is 2.35. The Hall–Kier alpha value is -0.540. The quantitative estimate of drug-likeness (QED) is 0.693. The number of hydrogen-bond donors (Lipinski definition) is 0. The molecule has 1 aromatic rings. The lowest BCUT2D eigenvalue weighted by Crippen LogP contribution is -2.32. The maximum atomic E-state index is 13.2. The molecule has 0 fully saturated rings. The van der Waals surface area contributed by atoms with E-state index in [-0.39, 0.29) is 10.8 Å². The Morgan fingerprint density at radius 2 is 2.13 bits per heavy atom. The van der Waals surface area contributed by atoms with Crippen LogP contribution >= 0.6 is 23.4 Å². The Bertz CT molecular complexity index is 442. The van der Waals surface area contributed by atoms with Crippen molar-refractivity contribution in [1.29, 1.82) is 0 Å². The van der Waals surface area contributed by atoms with E-state index >= 15 is 0 Å². The Morgan fingerprint density at radius 1 is 1.47 bits per heavy atom. The van der Waals surface area contributed by atoms with Crippen LogP contribution in [-0.4, -0.2) is 10.5 Å². The van der Waals surface area contributed by atoms with Crippen molar-refractivity contribution in [1.82, 2.24) is 0 Å². The van der Waals surface area contributed by atoms with Gasteiger partial charge in [-0.1, -0.05) is 11.6 Å². The molecular formula is C11H10ClFOS. The highest BCUT2D eigenvalue weighted by molar-refractivity contribution is 8.00. The van der Waals surface area contributed by atoms with E-state index < -0.39 is 10.6 Å². The topological polar surface area (TPSA) is 17.1 Å². The lowest BCUT2D eigenvalue weighted by molar-refractivity contribution is 0.0955. The van der Waals surface area contributed by atoms with E-state index in [1.807, 2.05) is 13.8 Å². The first-order valence-electron chi connectivity index (χ1n) is 4.58. The molecule has 0 spiro atoms. The molecule has 1 aliphatic heterocycles. The van der Waals surface area contributed by atoms with Gasteiger partial charge in [0.1, 0.15) is 5.82 Å². The Labute approximate surface area is 97.0 Å². The largest absolute Gasteiger partial charge is 0.293 e. The molecule has 80 valence electrons. The van der Waals surface area contributed by atoms with Crippen LogP contribution in [-0.2, 0) is 5.75 Å². The van der Waals surface area contributed by atoms with Crippen LogP contribution in [0.4, 0.5) is 4.39 Å². The Balaban J connectivity index is 2.58. The Kier molecular flexibility index (Phi) is 2.55. The number of halogens is 2. The number of fused-ring (bicyclic) bond motifs is 1. The van der Waals surface area contributed by atoms with Crippen molar-refractivity contribution in [2.45, 2.75) is 24.3 Å². The van der Waals surface area contributed by atoms with Crippen LogP contribution in [0.25, 0.3) is 0 Å². The van der Waals surface area contributed by atoms with Gasteiger partial charge in [0.05, 0.1) is 9.77 Å². The molecule has 1 heterocycles. The summed E-state index contributed by atoms with van der Waals surface area (Å²) in [7, 11) is 0. The van der Waals surface area contributed by atoms with Crippen molar-refractivity contribution < 1.29 is 9.18 Å². The SMILES string of the molecule is CC1(C)SCc2cc(F)c(Cl)cc2C1=O. The number of carbonyl (C=O) groups is 1. The fraction of sp³-hybridized carbons (Fsp3) is 0.364. The molecule has 2 rings (SSSR count). The molecule has 0 saturated heterocycles. The fourth-order valence-electron chi connectivity index (χ4n) is 1.57. The molecule has 0 radical (unpaired) electrons. The monoisotopic (exact) mass is 244 g/mol. The third-order valence-corrected chi connectivity index (χ3v) is 4.18. The molecule has 4 heteroatoms. The van der Waals surface area contributed by atoms with Crippen molar-refractivity contribution in [2.75, 3.05) is 0 Å². The molecule has 0 aliphatic carbocycles. The molecule has 15 heavy (non-hydrogen) atoms. The van der Waals surface area contributed by atoms with Crippen molar-refractivity contribution in [3.8, 4) is 0 Å². The summed E-state index contributed by atoms with van der Waals surface area (Å²) in [5.41, 5.74) is 1.30. The van der Waals surface area contributed by atoms with Gasteiger partial charge in [-0.05, 0) is 31.5 Å². The molecule has 1 aromatic carbocycles. The van der Waals surface area contributed by atoms with Gasteiger partial charge in [-0.3, -0.25) is 4.79 Å². The molecule has 0 unspecified atom stereocenters. The lowest BCUT2D eigenvalue weighted by atomic mass is 9.95. The van der Waals surface area contributed by atoms with E-state index in [0.717, 1.165) is 5.56 Å². The van der Waals surface area contributed by atoms with Crippen LogP contribution in [0, 0.1) is 5.82 Å². The van der Waals surface area contributed by atoms with Crippen LogP contribution in [0.15, 0.2) is 12.1 Å². The van der Waals surface area contributed by atoms with Crippen molar-refractivity contribution in [3.63, 3.8) is 0 Å². The molecule has 0 saturated carbocycles. The van der Waals surface area contributed by atoms with E-state index in [0.29, 0.717) is 11.3 Å². The molecule has 1 aliphatic rings. The van der Waals surface area contributed by atoms with Gasteiger partial charge in [0.15, 0.2) is 5.78 Å². The smallest absolute Gasteiger partial charge is 0.178 e. The molecule has 0 amide bonds. The number of Topliss-reactive ketones (excluding diaryl/α,β-unsaturated/α-hetero) is 1. The minimum Gasteiger partial charge on any atom is -0.293 e. The number of thioether (sulfide) groups is 1. The van der Waals surface area contributed by atoms with E-state index in [2.05, 4.69) is 0 Å². The zero-order chi connectivity index (χ0) is 11.2. The van der Waals surface area contributed by atoms with Gasteiger partial charge < -0.3 is 0 Å². The zero-order valence-electron chi connectivity index (χ0n) is 8.43. The van der Waals surface area contributed by atoms with Crippen molar-refractivity contribution >= 4 is 29.1 Å². The second-order valence-corrected chi connectivity index (χ2v) is 6.06. The molecule has 0 atom stereocenters. The second kappa shape index (κ2) is 3.49. The molecule has 0 N–H and O–H groups in total. The van der Waals surface area contributed by atoms with Gasteiger partial charge in [0, 0.05) is 11.3 Å². The summed E-state index contributed by atoms with van der Waals surface area (Å²) in [6.07, 6.45) is 0. The Morgan fingerprint density at radius 3 is 2.80 bits per heavy atom. The number of rotatable bonds is 0. The summed E-state index contributed by atoms with van der Waals surface area (Å²) < 4.78 is 12.7.